The zero-order chi connectivity index (χ0) is 15.1. The molecular weight excluding hydrogens is 290 g/mol. The lowest BCUT2D eigenvalue weighted by Gasteiger charge is -2.22. The lowest BCUT2D eigenvalue weighted by molar-refractivity contribution is 0.252. The summed E-state index contributed by atoms with van der Waals surface area (Å²) in [7, 11) is 0. The van der Waals surface area contributed by atoms with Crippen LogP contribution < -0.4 is 10.6 Å². The molecule has 1 aromatic rings. The lowest BCUT2D eigenvalue weighted by atomic mass is 10.0. The van der Waals surface area contributed by atoms with Crippen LogP contribution in [0.2, 0.25) is 0 Å². The number of rotatable bonds is 6. The molecule has 1 saturated heterocycles. The third kappa shape index (κ3) is 6.22. The zero-order valence-corrected chi connectivity index (χ0v) is 13.3. The Morgan fingerprint density at radius 1 is 1.24 bits per heavy atom. The van der Waals surface area contributed by atoms with E-state index in [9.17, 15) is 8.78 Å². The summed E-state index contributed by atoms with van der Waals surface area (Å²) in [5, 5.41) is 7.06. The van der Waals surface area contributed by atoms with Gasteiger partial charge in [-0.15, -0.1) is 0 Å². The molecule has 0 bridgehead atoms. The van der Waals surface area contributed by atoms with Gasteiger partial charge in [0.1, 0.15) is 0 Å². The van der Waals surface area contributed by atoms with Gasteiger partial charge < -0.3 is 10.6 Å². The second-order valence-electron chi connectivity index (χ2n) is 5.68. The molecule has 1 aliphatic heterocycles. The van der Waals surface area contributed by atoms with Crippen molar-refractivity contribution >= 4 is 17.4 Å². The van der Waals surface area contributed by atoms with Crippen molar-refractivity contribution in [2.45, 2.75) is 61.8 Å². The molecule has 118 valence electrons. The van der Waals surface area contributed by atoms with E-state index in [0.29, 0.717) is 28.7 Å². The van der Waals surface area contributed by atoms with E-state index >= 15 is 0 Å². The van der Waals surface area contributed by atoms with Gasteiger partial charge in [0.05, 0.1) is 0 Å². The highest BCUT2D eigenvalue weighted by atomic mass is 32.2. The van der Waals surface area contributed by atoms with Crippen molar-refractivity contribution < 1.29 is 8.78 Å². The van der Waals surface area contributed by atoms with Crippen LogP contribution in [0.4, 0.5) is 14.5 Å². The molecule has 0 aliphatic carbocycles. The molecule has 1 heterocycles. The quantitative estimate of drug-likeness (QED) is 0.743. The fourth-order valence-corrected chi connectivity index (χ4v) is 3.30. The first-order valence-corrected chi connectivity index (χ1v) is 8.56. The second kappa shape index (κ2) is 8.59. The minimum absolute atomic E-state index is 0.370. The van der Waals surface area contributed by atoms with Gasteiger partial charge in [-0.3, -0.25) is 0 Å². The first kappa shape index (κ1) is 16.6. The Balaban J connectivity index is 1.79. The van der Waals surface area contributed by atoms with E-state index in [1.165, 1.54) is 25.7 Å². The highest BCUT2D eigenvalue weighted by Gasteiger charge is 2.14. The molecule has 0 amide bonds. The zero-order valence-electron chi connectivity index (χ0n) is 12.4. The van der Waals surface area contributed by atoms with Crippen molar-refractivity contribution in [3.8, 4) is 0 Å². The van der Waals surface area contributed by atoms with Crippen LogP contribution in [0.25, 0.3) is 0 Å². The van der Waals surface area contributed by atoms with Crippen molar-refractivity contribution in [1.82, 2.24) is 5.32 Å². The molecule has 0 radical (unpaired) electrons. The number of anilines is 1. The number of hydrogen-bond acceptors (Lipinski definition) is 3. The van der Waals surface area contributed by atoms with Gasteiger partial charge in [-0.2, -0.15) is 8.78 Å². The molecule has 21 heavy (non-hydrogen) atoms. The topological polar surface area (TPSA) is 24.1 Å². The van der Waals surface area contributed by atoms with Gasteiger partial charge in [-0.05, 0) is 57.0 Å². The molecule has 5 heteroatoms. The first-order valence-electron chi connectivity index (χ1n) is 7.68. The minimum atomic E-state index is -2.36. The molecular formula is C16H24F2N2S. The van der Waals surface area contributed by atoms with Crippen molar-refractivity contribution in [3.05, 3.63) is 24.3 Å². The van der Waals surface area contributed by atoms with Gasteiger partial charge >= 0.3 is 0 Å². The predicted octanol–water partition coefficient (Wildman–Crippen LogP) is 4.72. The molecule has 0 saturated carbocycles. The summed E-state index contributed by atoms with van der Waals surface area (Å²) in [6, 6.07) is 8.20. The van der Waals surface area contributed by atoms with Crippen LogP contribution in [0, 0.1) is 0 Å². The molecule has 1 aromatic carbocycles. The van der Waals surface area contributed by atoms with Crippen LogP contribution in [0.15, 0.2) is 29.2 Å². The number of halogens is 2. The van der Waals surface area contributed by atoms with Crippen molar-refractivity contribution in [3.63, 3.8) is 0 Å². The third-order valence-electron chi connectivity index (χ3n) is 3.79. The van der Waals surface area contributed by atoms with Crippen LogP contribution >= 0.6 is 11.8 Å². The fourth-order valence-electron chi connectivity index (χ4n) is 2.80. The van der Waals surface area contributed by atoms with Crippen molar-refractivity contribution in [1.29, 1.82) is 0 Å². The molecule has 1 fully saturated rings. The standard InChI is InChI=1S/C16H24F2N2S/c1-12(11-14-5-3-2-4-10-19-14)20-13-6-8-15(9-7-13)21-16(17)18/h6-9,12,14,16,19-20H,2-5,10-11H2,1H3. The van der Waals surface area contributed by atoms with E-state index in [2.05, 4.69) is 17.6 Å². The SMILES string of the molecule is CC(CC1CCCCCN1)Nc1ccc(SC(F)F)cc1. The highest BCUT2D eigenvalue weighted by Crippen LogP contribution is 2.26. The van der Waals surface area contributed by atoms with Gasteiger partial charge in [-0.25, -0.2) is 0 Å². The van der Waals surface area contributed by atoms with Crippen LogP contribution in [-0.2, 0) is 0 Å². The van der Waals surface area contributed by atoms with Gasteiger partial charge in [0.15, 0.2) is 0 Å². The average molecular weight is 314 g/mol. The number of thioether (sulfide) groups is 1. The summed E-state index contributed by atoms with van der Waals surface area (Å²) in [6.07, 6.45) is 6.25. The summed E-state index contributed by atoms with van der Waals surface area (Å²) < 4.78 is 24.5. The highest BCUT2D eigenvalue weighted by molar-refractivity contribution is 7.99. The Bertz CT molecular complexity index is 403. The smallest absolute Gasteiger partial charge is 0.288 e. The Labute approximate surface area is 130 Å². The average Bonchev–Trinajstić information content (AvgIpc) is 2.69. The van der Waals surface area contributed by atoms with Gasteiger partial charge in [0.2, 0.25) is 0 Å². The van der Waals surface area contributed by atoms with Crippen molar-refractivity contribution in [2.75, 3.05) is 11.9 Å². The van der Waals surface area contributed by atoms with E-state index in [4.69, 9.17) is 0 Å². The molecule has 0 aromatic heterocycles. The summed E-state index contributed by atoms with van der Waals surface area (Å²) in [5.74, 6) is -2.36. The van der Waals surface area contributed by atoms with E-state index in [1.54, 1.807) is 12.1 Å². The summed E-state index contributed by atoms with van der Waals surface area (Å²) in [4.78, 5) is 0.605. The normalized spacial score (nSPS) is 21.0. The third-order valence-corrected chi connectivity index (χ3v) is 4.52. The Kier molecular flexibility index (Phi) is 6.77. The predicted molar refractivity (Wildman–Crippen MR) is 86.3 cm³/mol. The molecule has 2 unspecified atom stereocenters. The Hall–Kier alpha value is -0.810. The largest absolute Gasteiger partial charge is 0.383 e. The van der Waals surface area contributed by atoms with Crippen LogP contribution in [0.5, 0.6) is 0 Å². The maximum absolute atomic E-state index is 12.3. The van der Waals surface area contributed by atoms with Crippen LogP contribution in [0.3, 0.4) is 0 Å². The van der Waals surface area contributed by atoms with E-state index in [1.807, 2.05) is 12.1 Å². The maximum atomic E-state index is 12.3. The fraction of sp³-hybridized carbons (Fsp3) is 0.625. The lowest BCUT2D eigenvalue weighted by Crippen LogP contribution is -2.33. The summed E-state index contributed by atoms with van der Waals surface area (Å²) in [6.45, 7) is 3.30. The molecule has 2 nitrogen and oxygen atoms in total. The monoisotopic (exact) mass is 314 g/mol. The maximum Gasteiger partial charge on any atom is 0.288 e. The van der Waals surface area contributed by atoms with Gasteiger partial charge in [0, 0.05) is 22.7 Å². The van der Waals surface area contributed by atoms with E-state index in [0.717, 1.165) is 18.7 Å². The molecule has 2 atom stereocenters. The summed E-state index contributed by atoms with van der Waals surface area (Å²) >= 11 is 0.586. The van der Waals surface area contributed by atoms with E-state index < -0.39 is 5.76 Å². The second-order valence-corrected chi connectivity index (χ2v) is 6.75. The number of nitrogens with one attached hydrogen (secondary N) is 2. The first-order chi connectivity index (χ1) is 10.1. The minimum Gasteiger partial charge on any atom is -0.383 e. The van der Waals surface area contributed by atoms with Crippen LogP contribution in [-0.4, -0.2) is 24.4 Å². The number of hydrogen-bond donors (Lipinski definition) is 2. The number of benzene rings is 1. The van der Waals surface area contributed by atoms with Gasteiger partial charge in [0.25, 0.3) is 5.76 Å². The van der Waals surface area contributed by atoms with Crippen molar-refractivity contribution in [2.24, 2.45) is 0 Å². The molecule has 2 rings (SSSR count). The van der Waals surface area contributed by atoms with E-state index in [-0.39, 0.29) is 0 Å². The summed E-state index contributed by atoms with van der Waals surface area (Å²) in [5.41, 5.74) is 0.995. The van der Waals surface area contributed by atoms with Gasteiger partial charge in [-0.1, -0.05) is 24.6 Å². The number of alkyl halides is 2. The molecule has 1 aliphatic rings. The molecule has 0 spiro atoms. The Morgan fingerprint density at radius 3 is 2.71 bits per heavy atom. The molecule has 2 N–H and O–H groups in total. The Morgan fingerprint density at radius 2 is 2.00 bits per heavy atom. The van der Waals surface area contributed by atoms with Crippen LogP contribution in [0.1, 0.15) is 39.0 Å².